The summed E-state index contributed by atoms with van der Waals surface area (Å²) in [6.45, 7) is 1.23. The summed E-state index contributed by atoms with van der Waals surface area (Å²) in [5.41, 5.74) is 3.25. The highest BCUT2D eigenvalue weighted by Gasteiger charge is 2.42. The van der Waals surface area contributed by atoms with Crippen LogP contribution in [0.1, 0.15) is 35.1 Å². The topological polar surface area (TPSA) is 68.2 Å². The highest BCUT2D eigenvalue weighted by Crippen LogP contribution is 2.42. The van der Waals surface area contributed by atoms with E-state index in [2.05, 4.69) is 10.2 Å². The molecule has 2 N–H and O–H groups in total. The van der Waals surface area contributed by atoms with Gasteiger partial charge in [-0.2, -0.15) is 0 Å². The molecule has 2 aliphatic rings. The number of anilines is 1. The van der Waals surface area contributed by atoms with E-state index < -0.39 is 11.8 Å². The van der Waals surface area contributed by atoms with Gasteiger partial charge in [-0.05, 0) is 66.4 Å². The molecule has 0 saturated carbocycles. The van der Waals surface area contributed by atoms with E-state index in [1.54, 1.807) is 30.1 Å². The minimum atomic E-state index is -1.13. The zero-order chi connectivity index (χ0) is 30.8. The molecule has 1 atom stereocenters. The molecule has 0 aromatic heterocycles. The average molecular weight is 644 g/mol. The summed E-state index contributed by atoms with van der Waals surface area (Å²) in [6, 6.07) is 32.5. The Kier molecular flexibility index (Phi) is 8.74. The van der Waals surface area contributed by atoms with Crippen LogP contribution in [0.15, 0.2) is 108 Å². The number of aliphatic hydroxyl groups is 1. The first kappa shape index (κ1) is 30.3. The van der Waals surface area contributed by atoms with Gasteiger partial charge in [0, 0.05) is 41.3 Å². The molecular weight excluding hydrogens is 611 g/mol. The Labute approximate surface area is 272 Å². The number of fused-ring (bicyclic) bond motifs is 1. The predicted octanol–water partition coefficient (Wildman–Crippen LogP) is 6.66. The lowest BCUT2D eigenvalue weighted by Crippen LogP contribution is -2.53. The summed E-state index contributed by atoms with van der Waals surface area (Å²) < 4.78 is 0. The van der Waals surface area contributed by atoms with Crippen molar-refractivity contribution in [3.05, 3.63) is 135 Å². The van der Waals surface area contributed by atoms with Crippen molar-refractivity contribution in [3.63, 3.8) is 0 Å². The molecule has 4 aromatic carbocycles. The van der Waals surface area contributed by atoms with Crippen molar-refractivity contribution < 1.29 is 9.90 Å². The van der Waals surface area contributed by atoms with Gasteiger partial charge in [0.25, 0.3) is 5.91 Å². The Morgan fingerprint density at radius 3 is 2.09 bits per heavy atom. The number of piperidine rings is 1. The molecule has 2 heterocycles. The first-order valence-corrected chi connectivity index (χ1v) is 15.7. The molecular formula is C35H32Cl2N4O2S. The third-order valence-electron chi connectivity index (χ3n) is 8.59. The maximum atomic E-state index is 13.7. The quantitative estimate of drug-likeness (QED) is 0.238. The molecule has 9 heteroatoms. The molecule has 1 unspecified atom stereocenters. The fraction of sp³-hybridized carbons (Fsp3) is 0.229. The van der Waals surface area contributed by atoms with Crippen LogP contribution < -0.4 is 10.2 Å². The summed E-state index contributed by atoms with van der Waals surface area (Å²) in [6.07, 6.45) is 0.436. The summed E-state index contributed by atoms with van der Waals surface area (Å²) in [5.74, 6) is -0.281. The van der Waals surface area contributed by atoms with Gasteiger partial charge in [-0.25, -0.2) is 4.99 Å². The number of thiocarbonyl (C=S) groups is 1. The molecule has 0 aliphatic carbocycles. The number of nitrogens with one attached hydrogen (secondary N) is 1. The molecule has 0 spiro atoms. The molecule has 0 bridgehead atoms. The normalized spacial score (nSPS) is 17.5. The fourth-order valence-corrected chi connectivity index (χ4v) is 6.93. The van der Waals surface area contributed by atoms with Crippen LogP contribution in [0.3, 0.4) is 0 Å². The van der Waals surface area contributed by atoms with Crippen LogP contribution in [0.5, 0.6) is 0 Å². The number of benzodiazepines with no additional fused rings is 1. The van der Waals surface area contributed by atoms with E-state index in [0.717, 1.165) is 11.1 Å². The zero-order valence-corrected chi connectivity index (χ0v) is 26.5. The molecule has 2 aliphatic heterocycles. The number of hydrogen-bond donors (Lipinski definition) is 2. The number of benzene rings is 4. The van der Waals surface area contributed by atoms with E-state index in [1.165, 1.54) is 0 Å². The minimum absolute atomic E-state index is 0.0268. The Morgan fingerprint density at radius 1 is 0.886 bits per heavy atom. The van der Waals surface area contributed by atoms with Gasteiger partial charge < -0.3 is 20.2 Å². The van der Waals surface area contributed by atoms with Crippen LogP contribution in [0.2, 0.25) is 10.0 Å². The van der Waals surface area contributed by atoms with Gasteiger partial charge in [0.2, 0.25) is 6.17 Å². The molecule has 6 nitrogen and oxygen atoms in total. The molecule has 224 valence electrons. The van der Waals surface area contributed by atoms with E-state index in [0.29, 0.717) is 63.6 Å². The van der Waals surface area contributed by atoms with Crippen molar-refractivity contribution in [2.75, 3.05) is 25.0 Å². The fourth-order valence-electron chi connectivity index (χ4n) is 6.24. The molecule has 44 heavy (non-hydrogen) atoms. The van der Waals surface area contributed by atoms with Crippen LogP contribution >= 0.6 is 35.4 Å². The van der Waals surface area contributed by atoms with E-state index in [9.17, 15) is 9.90 Å². The SMILES string of the molecule is CN1C(=O)C(NC(=S)N2CCC(C(O)(c3ccccc3)c3ccccc3)CC2)N=C(c2ccccc2Cl)c2cc(Cl)ccc21. The predicted molar refractivity (Wildman–Crippen MR) is 182 cm³/mol. The number of likely N-dealkylation sites (tertiary alicyclic amines) is 1. The lowest BCUT2D eigenvalue weighted by molar-refractivity contribution is -0.119. The molecule has 1 saturated heterocycles. The standard InChI is InChI=1S/C35H32Cl2N4O2S/c1-40-30-17-16-26(36)22-28(30)31(27-14-8-9-15-29(27)37)38-32(33(40)42)39-34(44)41-20-18-25(19-21-41)35(43,23-10-4-2-5-11-23)24-12-6-3-7-13-24/h2-17,22,25,32,43H,18-21H2,1H3,(H,39,44). The van der Waals surface area contributed by atoms with Crippen LogP contribution in [0, 0.1) is 5.92 Å². The summed E-state index contributed by atoms with van der Waals surface area (Å²) in [5, 5.41) is 17.0. The number of likely N-dealkylation sites (N-methyl/N-ethyl adjacent to an activating group) is 1. The first-order chi connectivity index (χ1) is 21.3. The van der Waals surface area contributed by atoms with Crippen LogP contribution in [0.25, 0.3) is 0 Å². The Morgan fingerprint density at radius 2 is 1.48 bits per heavy atom. The van der Waals surface area contributed by atoms with Gasteiger partial charge in [-0.3, -0.25) is 4.79 Å². The summed E-state index contributed by atoms with van der Waals surface area (Å²) in [7, 11) is 1.72. The number of aliphatic imine (C=N–C) groups is 1. The molecule has 4 aromatic rings. The van der Waals surface area contributed by atoms with Gasteiger partial charge >= 0.3 is 0 Å². The number of halogens is 2. The summed E-state index contributed by atoms with van der Waals surface area (Å²) >= 11 is 18.9. The van der Waals surface area contributed by atoms with Crippen molar-refractivity contribution in [3.8, 4) is 0 Å². The maximum absolute atomic E-state index is 13.7. The number of rotatable bonds is 5. The second-order valence-corrected chi connectivity index (χ2v) is 12.4. The zero-order valence-electron chi connectivity index (χ0n) is 24.2. The lowest BCUT2D eigenvalue weighted by atomic mass is 9.72. The van der Waals surface area contributed by atoms with Gasteiger partial charge in [-0.1, -0.05) is 102 Å². The van der Waals surface area contributed by atoms with Gasteiger partial charge in [0.1, 0.15) is 5.60 Å². The number of hydrogen-bond acceptors (Lipinski definition) is 4. The number of nitrogens with zero attached hydrogens (tertiary/aromatic N) is 3. The second kappa shape index (κ2) is 12.7. The van der Waals surface area contributed by atoms with E-state index >= 15 is 0 Å². The minimum Gasteiger partial charge on any atom is -0.380 e. The first-order valence-electron chi connectivity index (χ1n) is 14.6. The Hall–Kier alpha value is -3.75. The maximum Gasteiger partial charge on any atom is 0.272 e. The largest absolute Gasteiger partial charge is 0.380 e. The number of amides is 1. The monoisotopic (exact) mass is 642 g/mol. The van der Waals surface area contributed by atoms with Crippen molar-refractivity contribution in [2.24, 2.45) is 10.9 Å². The Bertz CT molecular complexity index is 1670. The lowest BCUT2D eigenvalue weighted by Gasteiger charge is -2.43. The molecule has 6 rings (SSSR count). The van der Waals surface area contributed by atoms with Crippen LogP contribution in [-0.4, -0.2) is 53.0 Å². The van der Waals surface area contributed by atoms with Crippen LogP contribution in [-0.2, 0) is 10.4 Å². The highest BCUT2D eigenvalue weighted by molar-refractivity contribution is 7.80. The number of carbonyl (C=O) groups is 1. The third kappa shape index (κ3) is 5.73. The molecule has 1 amide bonds. The van der Waals surface area contributed by atoms with Crippen molar-refractivity contribution >= 4 is 57.8 Å². The second-order valence-electron chi connectivity index (χ2n) is 11.1. The average Bonchev–Trinajstić information content (AvgIpc) is 3.15. The summed E-state index contributed by atoms with van der Waals surface area (Å²) in [4.78, 5) is 22.3. The van der Waals surface area contributed by atoms with Crippen molar-refractivity contribution in [1.29, 1.82) is 0 Å². The molecule has 0 radical (unpaired) electrons. The van der Waals surface area contributed by atoms with E-state index in [-0.39, 0.29) is 11.8 Å². The smallest absolute Gasteiger partial charge is 0.272 e. The third-order valence-corrected chi connectivity index (χ3v) is 9.53. The highest BCUT2D eigenvalue weighted by atomic mass is 35.5. The van der Waals surface area contributed by atoms with Gasteiger partial charge in [0.15, 0.2) is 5.11 Å². The van der Waals surface area contributed by atoms with Crippen LogP contribution in [0.4, 0.5) is 5.69 Å². The van der Waals surface area contributed by atoms with E-state index in [1.807, 2.05) is 84.9 Å². The van der Waals surface area contributed by atoms with Crippen molar-refractivity contribution in [1.82, 2.24) is 10.2 Å². The van der Waals surface area contributed by atoms with Crippen molar-refractivity contribution in [2.45, 2.75) is 24.6 Å². The molecule has 1 fully saturated rings. The number of carbonyl (C=O) groups excluding carboxylic acids is 1. The van der Waals surface area contributed by atoms with E-state index in [4.69, 9.17) is 40.4 Å². The van der Waals surface area contributed by atoms with Gasteiger partial charge in [0.05, 0.1) is 11.4 Å². The van der Waals surface area contributed by atoms with Gasteiger partial charge in [-0.15, -0.1) is 0 Å². The Balaban J connectivity index is 1.25.